The van der Waals surface area contributed by atoms with E-state index < -0.39 is 16.1 Å². The predicted octanol–water partition coefficient (Wildman–Crippen LogP) is 2.64. The minimum atomic E-state index is -3.24. The maximum absolute atomic E-state index is 12.2. The van der Waals surface area contributed by atoms with E-state index in [0.29, 0.717) is 30.6 Å². The van der Waals surface area contributed by atoms with E-state index in [1.807, 2.05) is 30.9 Å². The number of sulfonamides is 1. The number of phenolic OH excluding ortho intramolecular Hbond substituents is 1. The molecule has 0 aliphatic rings. The molecule has 2 rings (SSSR count). The van der Waals surface area contributed by atoms with Crippen LogP contribution in [0.25, 0.3) is 0 Å². The van der Waals surface area contributed by atoms with E-state index >= 15 is 0 Å². The van der Waals surface area contributed by atoms with Gasteiger partial charge in [0.05, 0.1) is 11.8 Å². The van der Waals surface area contributed by atoms with E-state index in [1.165, 1.54) is 6.07 Å². The van der Waals surface area contributed by atoms with Crippen LogP contribution in [0, 0.1) is 6.92 Å². The van der Waals surface area contributed by atoms with Crippen molar-refractivity contribution in [1.82, 2.24) is 4.72 Å². The molecule has 3 N–H and O–H groups in total. The second kappa shape index (κ2) is 10.8. The van der Waals surface area contributed by atoms with E-state index in [0.717, 1.165) is 17.5 Å². The summed E-state index contributed by atoms with van der Waals surface area (Å²) in [5.41, 5.74) is 2.74. The molecule has 0 bridgehead atoms. The summed E-state index contributed by atoms with van der Waals surface area (Å²) in [5, 5.41) is 12.3. The molecular formula is C21H27N3O6S. The van der Waals surface area contributed by atoms with Crippen molar-refractivity contribution in [1.29, 1.82) is 0 Å². The topological polar surface area (TPSA) is 125 Å². The Kier molecular flexibility index (Phi) is 8.40. The molecule has 0 fully saturated rings. The van der Waals surface area contributed by atoms with Crippen LogP contribution < -0.4 is 14.9 Å². The number of nitrogens with zero attached hydrogens (tertiary/aromatic N) is 1. The fourth-order valence-electron chi connectivity index (χ4n) is 2.97. The molecule has 0 unspecified atom stereocenters. The number of aryl methyl sites for hydroxylation is 1. The van der Waals surface area contributed by atoms with E-state index in [4.69, 9.17) is 4.74 Å². The summed E-state index contributed by atoms with van der Waals surface area (Å²) in [6.45, 7) is 5.11. The van der Waals surface area contributed by atoms with Crippen LogP contribution in [0.4, 0.5) is 16.2 Å². The third kappa shape index (κ3) is 7.26. The average molecular weight is 450 g/mol. The number of aldehydes is 1. The molecule has 0 aliphatic heterocycles. The van der Waals surface area contributed by atoms with Gasteiger partial charge >= 0.3 is 6.09 Å². The largest absolute Gasteiger partial charge is 0.507 e. The molecule has 0 heterocycles. The van der Waals surface area contributed by atoms with Gasteiger partial charge < -0.3 is 14.7 Å². The maximum Gasteiger partial charge on any atom is 0.411 e. The average Bonchev–Trinajstić information content (AvgIpc) is 2.70. The van der Waals surface area contributed by atoms with Crippen LogP contribution >= 0.6 is 0 Å². The van der Waals surface area contributed by atoms with Gasteiger partial charge in [0.25, 0.3) is 0 Å². The number of hydrogen-bond donors (Lipinski definition) is 3. The molecule has 2 aromatic carbocycles. The lowest BCUT2D eigenvalue weighted by atomic mass is 10.1. The highest BCUT2D eigenvalue weighted by atomic mass is 32.2. The second-order valence-electron chi connectivity index (χ2n) is 6.91. The number of carbonyl (C=O) groups excluding carboxylic acids is 2. The molecule has 9 nitrogen and oxygen atoms in total. The van der Waals surface area contributed by atoms with Crippen LogP contribution in [-0.4, -0.2) is 51.8 Å². The van der Waals surface area contributed by atoms with Gasteiger partial charge in [-0.1, -0.05) is 12.1 Å². The first-order valence-electron chi connectivity index (χ1n) is 9.64. The lowest BCUT2D eigenvalue weighted by Crippen LogP contribution is -2.34. The molecule has 0 atom stereocenters. The Hall–Kier alpha value is -3.11. The van der Waals surface area contributed by atoms with Crippen LogP contribution in [0.1, 0.15) is 28.4 Å². The third-order valence-electron chi connectivity index (χ3n) is 4.59. The first-order valence-corrected chi connectivity index (χ1v) is 11.5. The first-order chi connectivity index (χ1) is 14.6. The van der Waals surface area contributed by atoms with Gasteiger partial charge in [-0.25, -0.2) is 17.9 Å². The van der Waals surface area contributed by atoms with Gasteiger partial charge in [-0.15, -0.1) is 0 Å². The molecule has 0 saturated heterocycles. The van der Waals surface area contributed by atoms with Crippen molar-refractivity contribution in [2.75, 3.05) is 36.1 Å². The van der Waals surface area contributed by atoms with Crippen LogP contribution in [0.2, 0.25) is 0 Å². The predicted molar refractivity (Wildman–Crippen MR) is 119 cm³/mol. The highest BCUT2D eigenvalue weighted by Gasteiger charge is 2.12. The summed E-state index contributed by atoms with van der Waals surface area (Å²) < 4.78 is 30.1. The first kappa shape index (κ1) is 24.2. The van der Waals surface area contributed by atoms with Crippen molar-refractivity contribution in [2.45, 2.75) is 20.5 Å². The standard InChI is InChI=1S/C21H27N3O6S/c1-4-24(11-10-22-31(3,28)29)17-8-9-19(15(2)12-17)23-21(27)30-14-16-6-5-7-20(26)18(16)13-25/h5-9,12-13,22,26H,4,10-11,14H2,1-3H3,(H,23,27). The van der Waals surface area contributed by atoms with Crippen molar-refractivity contribution < 1.29 is 27.9 Å². The zero-order valence-electron chi connectivity index (χ0n) is 17.7. The fraction of sp³-hybridized carbons (Fsp3) is 0.333. The zero-order chi connectivity index (χ0) is 23.0. The number of amides is 1. The van der Waals surface area contributed by atoms with E-state index in [1.54, 1.807) is 18.2 Å². The Morgan fingerprint density at radius 2 is 2.00 bits per heavy atom. The van der Waals surface area contributed by atoms with Crippen LogP contribution in [0.15, 0.2) is 36.4 Å². The molecule has 31 heavy (non-hydrogen) atoms. The zero-order valence-corrected chi connectivity index (χ0v) is 18.5. The number of ether oxygens (including phenoxy) is 1. The summed E-state index contributed by atoms with van der Waals surface area (Å²) in [6.07, 6.45) is 0.938. The SMILES string of the molecule is CCN(CCNS(C)(=O)=O)c1ccc(NC(=O)OCc2cccc(O)c2C=O)c(C)c1. The third-order valence-corrected chi connectivity index (χ3v) is 5.32. The number of benzene rings is 2. The molecule has 0 aromatic heterocycles. The molecule has 0 aliphatic carbocycles. The highest BCUT2D eigenvalue weighted by molar-refractivity contribution is 7.88. The maximum atomic E-state index is 12.2. The van der Waals surface area contributed by atoms with Crippen molar-refractivity contribution in [3.8, 4) is 5.75 Å². The Balaban J connectivity index is 1.99. The molecule has 0 radical (unpaired) electrons. The van der Waals surface area contributed by atoms with Crippen molar-refractivity contribution in [3.63, 3.8) is 0 Å². The van der Waals surface area contributed by atoms with E-state index in [-0.39, 0.29) is 24.5 Å². The molecule has 0 spiro atoms. The van der Waals surface area contributed by atoms with Crippen molar-refractivity contribution >= 4 is 33.8 Å². The van der Waals surface area contributed by atoms with Crippen molar-refractivity contribution in [2.24, 2.45) is 0 Å². The summed E-state index contributed by atoms with van der Waals surface area (Å²) in [6, 6.07) is 9.99. The molecule has 10 heteroatoms. The quantitative estimate of drug-likeness (QED) is 0.476. The fourth-order valence-corrected chi connectivity index (χ4v) is 3.43. The summed E-state index contributed by atoms with van der Waals surface area (Å²) in [5.74, 6) is -0.171. The van der Waals surface area contributed by atoms with Crippen molar-refractivity contribution in [3.05, 3.63) is 53.1 Å². The minimum Gasteiger partial charge on any atom is -0.507 e. The highest BCUT2D eigenvalue weighted by Crippen LogP contribution is 2.23. The van der Waals surface area contributed by atoms with Crippen LogP contribution in [0.3, 0.4) is 0 Å². The van der Waals surface area contributed by atoms with Gasteiger partial charge in [0.1, 0.15) is 12.4 Å². The molecule has 168 valence electrons. The number of carbonyl (C=O) groups is 2. The van der Waals surface area contributed by atoms with E-state index in [2.05, 4.69) is 10.0 Å². The number of anilines is 2. The van der Waals surface area contributed by atoms with Gasteiger partial charge in [-0.2, -0.15) is 0 Å². The van der Waals surface area contributed by atoms with E-state index in [9.17, 15) is 23.1 Å². The number of nitrogens with one attached hydrogen (secondary N) is 2. The monoisotopic (exact) mass is 449 g/mol. The smallest absolute Gasteiger partial charge is 0.411 e. The number of aromatic hydroxyl groups is 1. The Bertz CT molecular complexity index is 1040. The molecule has 0 saturated carbocycles. The number of rotatable bonds is 10. The van der Waals surface area contributed by atoms with Gasteiger partial charge in [0, 0.05) is 36.6 Å². The molecule has 2 aromatic rings. The Morgan fingerprint density at radius 1 is 1.26 bits per heavy atom. The lowest BCUT2D eigenvalue weighted by Gasteiger charge is -2.24. The van der Waals surface area contributed by atoms with Gasteiger partial charge in [-0.05, 0) is 43.7 Å². The Morgan fingerprint density at radius 3 is 2.61 bits per heavy atom. The van der Waals surface area contributed by atoms with Crippen LogP contribution in [0.5, 0.6) is 5.75 Å². The second-order valence-corrected chi connectivity index (χ2v) is 8.75. The lowest BCUT2D eigenvalue weighted by molar-refractivity contribution is 0.111. The number of phenols is 1. The Labute approximate surface area is 182 Å². The summed E-state index contributed by atoms with van der Waals surface area (Å²) in [7, 11) is -3.24. The number of hydrogen-bond acceptors (Lipinski definition) is 7. The van der Waals surface area contributed by atoms with Gasteiger partial charge in [0.2, 0.25) is 10.0 Å². The summed E-state index contributed by atoms with van der Waals surface area (Å²) >= 11 is 0. The van der Waals surface area contributed by atoms with Gasteiger partial charge in [-0.3, -0.25) is 10.1 Å². The summed E-state index contributed by atoms with van der Waals surface area (Å²) in [4.78, 5) is 25.3. The number of likely N-dealkylation sites (N-methyl/N-ethyl adjacent to an activating group) is 1. The molecule has 1 amide bonds. The normalized spacial score (nSPS) is 11.1. The van der Waals surface area contributed by atoms with Gasteiger partial charge in [0.15, 0.2) is 6.29 Å². The van der Waals surface area contributed by atoms with Crippen LogP contribution in [-0.2, 0) is 21.4 Å². The molecular weight excluding hydrogens is 422 g/mol. The minimum absolute atomic E-state index is 0.0841.